The fraction of sp³-hybridized carbons (Fsp3) is 0.533. The predicted molar refractivity (Wildman–Crippen MR) is 85.9 cm³/mol. The summed E-state index contributed by atoms with van der Waals surface area (Å²) in [6.07, 6.45) is 3.66. The fourth-order valence-corrected chi connectivity index (χ4v) is 3.72. The van der Waals surface area contributed by atoms with Gasteiger partial charge in [0.1, 0.15) is 0 Å². The van der Waals surface area contributed by atoms with Gasteiger partial charge in [-0.2, -0.15) is 0 Å². The van der Waals surface area contributed by atoms with Crippen molar-refractivity contribution in [2.45, 2.75) is 37.5 Å². The first kappa shape index (κ1) is 16.9. The molecular weight excluding hydrogens is 302 g/mol. The van der Waals surface area contributed by atoms with Gasteiger partial charge in [0, 0.05) is 24.2 Å². The summed E-state index contributed by atoms with van der Waals surface area (Å²) in [6.45, 7) is 2.42. The number of benzene rings is 1. The molecule has 0 saturated heterocycles. The second-order valence-electron chi connectivity index (χ2n) is 5.66. The predicted octanol–water partition coefficient (Wildman–Crippen LogP) is 1.44. The molecule has 1 aromatic rings. The summed E-state index contributed by atoms with van der Waals surface area (Å²) in [5.41, 5.74) is 5.53. The number of hydrogen-bond acceptors (Lipinski definition) is 4. The number of rotatable bonds is 7. The molecule has 4 N–H and O–H groups in total. The SMILES string of the molecule is CCC1(C(=O)Nc2cccc(S(=O)(=O)NCCN)c2)CCC1. The molecule has 7 heteroatoms. The first-order valence-corrected chi connectivity index (χ1v) is 9.03. The van der Waals surface area contributed by atoms with E-state index in [1.807, 2.05) is 6.92 Å². The molecular formula is C15H23N3O3S. The monoisotopic (exact) mass is 325 g/mol. The molecule has 0 unspecified atom stereocenters. The Balaban J connectivity index is 2.13. The molecule has 22 heavy (non-hydrogen) atoms. The van der Waals surface area contributed by atoms with Gasteiger partial charge < -0.3 is 11.1 Å². The van der Waals surface area contributed by atoms with Gasteiger partial charge in [-0.3, -0.25) is 4.79 Å². The lowest BCUT2D eigenvalue weighted by atomic mass is 9.66. The smallest absolute Gasteiger partial charge is 0.240 e. The van der Waals surface area contributed by atoms with E-state index in [4.69, 9.17) is 5.73 Å². The van der Waals surface area contributed by atoms with Crippen LogP contribution in [0.15, 0.2) is 29.2 Å². The van der Waals surface area contributed by atoms with E-state index in [1.54, 1.807) is 12.1 Å². The summed E-state index contributed by atoms with van der Waals surface area (Å²) in [7, 11) is -3.59. The maximum Gasteiger partial charge on any atom is 0.240 e. The average molecular weight is 325 g/mol. The molecule has 1 aromatic carbocycles. The minimum atomic E-state index is -3.59. The van der Waals surface area contributed by atoms with Crippen LogP contribution in [-0.4, -0.2) is 27.4 Å². The van der Waals surface area contributed by atoms with E-state index < -0.39 is 10.0 Å². The molecule has 1 saturated carbocycles. The highest BCUT2D eigenvalue weighted by atomic mass is 32.2. The molecule has 0 spiro atoms. The Hall–Kier alpha value is -1.44. The minimum absolute atomic E-state index is 0.0225. The molecule has 1 fully saturated rings. The summed E-state index contributed by atoms with van der Waals surface area (Å²) in [4.78, 5) is 12.5. The number of hydrogen-bond donors (Lipinski definition) is 3. The van der Waals surface area contributed by atoms with Crippen LogP contribution in [0, 0.1) is 5.41 Å². The van der Waals surface area contributed by atoms with E-state index in [1.165, 1.54) is 12.1 Å². The van der Waals surface area contributed by atoms with Crippen molar-refractivity contribution in [2.24, 2.45) is 11.1 Å². The average Bonchev–Trinajstić information content (AvgIpc) is 2.45. The third kappa shape index (κ3) is 3.48. The molecule has 122 valence electrons. The van der Waals surface area contributed by atoms with Gasteiger partial charge in [0.2, 0.25) is 15.9 Å². The molecule has 0 heterocycles. The number of amides is 1. The largest absolute Gasteiger partial charge is 0.329 e. The maximum atomic E-state index is 12.4. The van der Waals surface area contributed by atoms with Crippen molar-refractivity contribution in [1.82, 2.24) is 4.72 Å². The Morgan fingerprint density at radius 1 is 1.36 bits per heavy atom. The van der Waals surface area contributed by atoms with E-state index in [-0.39, 0.29) is 29.3 Å². The Labute approximate surface area is 131 Å². The van der Waals surface area contributed by atoms with Crippen molar-refractivity contribution in [3.05, 3.63) is 24.3 Å². The van der Waals surface area contributed by atoms with Gasteiger partial charge in [-0.1, -0.05) is 19.4 Å². The van der Waals surface area contributed by atoms with Crippen molar-refractivity contribution in [1.29, 1.82) is 0 Å². The van der Waals surface area contributed by atoms with E-state index in [9.17, 15) is 13.2 Å². The molecule has 0 bridgehead atoms. The van der Waals surface area contributed by atoms with Gasteiger partial charge in [-0.15, -0.1) is 0 Å². The second-order valence-corrected chi connectivity index (χ2v) is 7.42. The van der Waals surface area contributed by atoms with Gasteiger partial charge in [-0.25, -0.2) is 13.1 Å². The number of anilines is 1. The molecule has 0 atom stereocenters. The summed E-state index contributed by atoms with van der Waals surface area (Å²) in [5.74, 6) is -0.0225. The highest BCUT2D eigenvalue weighted by Gasteiger charge is 2.42. The maximum absolute atomic E-state index is 12.4. The standard InChI is InChI=1S/C15H23N3O3S/c1-2-15(7-4-8-15)14(19)18-12-5-3-6-13(11-12)22(20,21)17-10-9-16/h3,5-6,11,17H,2,4,7-10,16H2,1H3,(H,18,19). The minimum Gasteiger partial charge on any atom is -0.329 e. The van der Waals surface area contributed by atoms with Crippen LogP contribution in [0.5, 0.6) is 0 Å². The van der Waals surface area contributed by atoms with Crippen molar-refractivity contribution < 1.29 is 13.2 Å². The van der Waals surface area contributed by atoms with Crippen LogP contribution in [0.3, 0.4) is 0 Å². The molecule has 1 aliphatic rings. The van der Waals surface area contributed by atoms with Crippen molar-refractivity contribution in [3.8, 4) is 0 Å². The highest BCUT2D eigenvalue weighted by molar-refractivity contribution is 7.89. The zero-order chi connectivity index (χ0) is 16.2. The number of carbonyl (C=O) groups excluding carboxylic acids is 1. The number of nitrogens with one attached hydrogen (secondary N) is 2. The second kappa shape index (κ2) is 6.76. The Bertz CT molecular complexity index is 634. The Morgan fingerprint density at radius 2 is 2.09 bits per heavy atom. The quantitative estimate of drug-likeness (QED) is 0.706. The van der Waals surface area contributed by atoms with Gasteiger partial charge in [-0.05, 0) is 37.5 Å². The van der Waals surface area contributed by atoms with Gasteiger partial charge >= 0.3 is 0 Å². The summed E-state index contributed by atoms with van der Waals surface area (Å²) in [5, 5.41) is 2.85. The zero-order valence-corrected chi connectivity index (χ0v) is 13.6. The molecule has 1 amide bonds. The lowest BCUT2D eigenvalue weighted by Crippen LogP contribution is -2.41. The van der Waals surface area contributed by atoms with Crippen LogP contribution in [-0.2, 0) is 14.8 Å². The topological polar surface area (TPSA) is 101 Å². The third-order valence-electron chi connectivity index (χ3n) is 4.31. The van der Waals surface area contributed by atoms with Gasteiger partial charge in [0.05, 0.1) is 4.90 Å². The molecule has 0 radical (unpaired) electrons. The zero-order valence-electron chi connectivity index (χ0n) is 12.8. The van der Waals surface area contributed by atoms with Crippen molar-refractivity contribution >= 4 is 21.6 Å². The lowest BCUT2D eigenvalue weighted by molar-refractivity contribution is -0.130. The molecule has 6 nitrogen and oxygen atoms in total. The van der Waals surface area contributed by atoms with Crippen LogP contribution in [0.2, 0.25) is 0 Å². The van der Waals surface area contributed by atoms with E-state index in [2.05, 4.69) is 10.0 Å². The van der Waals surface area contributed by atoms with Crippen LogP contribution in [0.25, 0.3) is 0 Å². The normalized spacial score (nSPS) is 16.8. The van der Waals surface area contributed by atoms with E-state index >= 15 is 0 Å². The summed E-state index contributed by atoms with van der Waals surface area (Å²) >= 11 is 0. The molecule has 0 aliphatic heterocycles. The first-order chi connectivity index (χ1) is 10.4. The molecule has 2 rings (SSSR count). The number of carbonyl (C=O) groups is 1. The van der Waals surface area contributed by atoms with E-state index in [0.29, 0.717) is 5.69 Å². The van der Waals surface area contributed by atoms with Crippen molar-refractivity contribution in [2.75, 3.05) is 18.4 Å². The van der Waals surface area contributed by atoms with Crippen molar-refractivity contribution in [3.63, 3.8) is 0 Å². The number of nitrogens with two attached hydrogens (primary N) is 1. The van der Waals surface area contributed by atoms with Gasteiger partial charge in [0.25, 0.3) is 0 Å². The van der Waals surface area contributed by atoms with Gasteiger partial charge in [0.15, 0.2) is 0 Å². The number of sulfonamides is 1. The third-order valence-corrected chi connectivity index (χ3v) is 5.77. The van der Waals surface area contributed by atoms with Crippen LogP contribution >= 0.6 is 0 Å². The van der Waals surface area contributed by atoms with E-state index in [0.717, 1.165) is 25.7 Å². The summed E-state index contributed by atoms with van der Waals surface area (Å²) in [6, 6.07) is 6.28. The fourth-order valence-electron chi connectivity index (χ4n) is 2.63. The highest BCUT2D eigenvalue weighted by Crippen LogP contribution is 2.44. The Morgan fingerprint density at radius 3 is 2.64 bits per heavy atom. The van der Waals surface area contributed by atoms with Crippen LogP contribution < -0.4 is 15.8 Å². The molecule has 0 aromatic heterocycles. The molecule has 1 aliphatic carbocycles. The lowest BCUT2D eigenvalue weighted by Gasteiger charge is -2.39. The summed E-state index contributed by atoms with van der Waals surface area (Å²) < 4.78 is 26.5. The van der Waals surface area contributed by atoms with Crippen LogP contribution in [0.4, 0.5) is 5.69 Å². The van der Waals surface area contributed by atoms with Crippen LogP contribution in [0.1, 0.15) is 32.6 Å². The Kier molecular flexibility index (Phi) is 5.20. The first-order valence-electron chi connectivity index (χ1n) is 7.55.